The zero-order valence-corrected chi connectivity index (χ0v) is 11.6. The average Bonchev–Trinajstić information content (AvgIpc) is 2.46. The van der Waals surface area contributed by atoms with E-state index in [2.05, 4.69) is 0 Å². The number of rotatable bonds is 3. The lowest BCUT2D eigenvalue weighted by atomic mass is 10.1. The smallest absolute Gasteiger partial charge is 0.320 e. The SMILES string of the molecule is C[C@@H](C(=O)O)N1CCN(C(=O)c2c(F)cccc2F)CC1. The molecule has 1 N–H and O–H groups in total. The standard InChI is InChI=1S/C14H16F2N2O3/c1-9(14(20)21)17-5-7-18(8-6-17)13(19)12-10(15)3-2-4-11(12)16/h2-4,9H,5-8H2,1H3,(H,20,21)/t9-/m0/s1. The summed E-state index contributed by atoms with van der Waals surface area (Å²) >= 11 is 0. The van der Waals surface area contributed by atoms with Crippen LogP contribution in [0, 0.1) is 11.6 Å². The van der Waals surface area contributed by atoms with Crippen LogP contribution in [0.2, 0.25) is 0 Å². The summed E-state index contributed by atoms with van der Waals surface area (Å²) in [4.78, 5) is 26.1. The van der Waals surface area contributed by atoms with Crippen molar-refractivity contribution >= 4 is 11.9 Å². The lowest BCUT2D eigenvalue weighted by molar-refractivity contribution is -0.143. The van der Waals surface area contributed by atoms with Gasteiger partial charge in [0.1, 0.15) is 23.2 Å². The predicted octanol–water partition coefficient (Wildman–Crippen LogP) is 1.20. The Balaban J connectivity index is 2.06. The fraction of sp³-hybridized carbons (Fsp3) is 0.429. The van der Waals surface area contributed by atoms with E-state index >= 15 is 0 Å². The molecule has 1 saturated heterocycles. The van der Waals surface area contributed by atoms with E-state index in [1.807, 2.05) is 0 Å². The fourth-order valence-electron chi connectivity index (χ4n) is 2.33. The molecule has 5 nitrogen and oxygen atoms in total. The van der Waals surface area contributed by atoms with Crippen molar-refractivity contribution in [3.05, 3.63) is 35.4 Å². The summed E-state index contributed by atoms with van der Waals surface area (Å²) in [5, 5.41) is 8.94. The van der Waals surface area contributed by atoms with Gasteiger partial charge in [-0.3, -0.25) is 14.5 Å². The maximum atomic E-state index is 13.6. The van der Waals surface area contributed by atoms with E-state index in [0.717, 1.165) is 12.1 Å². The number of carbonyl (C=O) groups excluding carboxylic acids is 1. The summed E-state index contributed by atoms with van der Waals surface area (Å²) < 4.78 is 27.2. The number of hydrogen-bond donors (Lipinski definition) is 1. The number of amides is 1. The second-order valence-corrected chi connectivity index (χ2v) is 4.94. The number of hydrogen-bond acceptors (Lipinski definition) is 3. The molecule has 114 valence electrons. The molecule has 0 spiro atoms. The molecule has 0 radical (unpaired) electrons. The minimum Gasteiger partial charge on any atom is -0.480 e. The van der Waals surface area contributed by atoms with Crippen LogP contribution in [0.5, 0.6) is 0 Å². The van der Waals surface area contributed by atoms with E-state index in [1.54, 1.807) is 11.8 Å². The highest BCUT2D eigenvalue weighted by Gasteiger charge is 2.29. The number of halogens is 2. The summed E-state index contributed by atoms with van der Waals surface area (Å²) in [6.45, 7) is 2.76. The van der Waals surface area contributed by atoms with Crippen LogP contribution in [-0.4, -0.2) is 59.0 Å². The van der Waals surface area contributed by atoms with Crippen LogP contribution in [0.1, 0.15) is 17.3 Å². The molecular formula is C14H16F2N2O3. The first-order valence-corrected chi connectivity index (χ1v) is 6.62. The van der Waals surface area contributed by atoms with E-state index in [9.17, 15) is 18.4 Å². The minimum atomic E-state index is -0.935. The summed E-state index contributed by atoms with van der Waals surface area (Å²) in [6.07, 6.45) is 0. The Morgan fingerprint density at radius 1 is 1.14 bits per heavy atom. The number of piperazine rings is 1. The van der Waals surface area contributed by atoms with Crippen LogP contribution < -0.4 is 0 Å². The molecule has 1 heterocycles. The highest BCUT2D eigenvalue weighted by molar-refractivity contribution is 5.94. The fourth-order valence-corrected chi connectivity index (χ4v) is 2.33. The highest BCUT2D eigenvalue weighted by atomic mass is 19.1. The summed E-state index contributed by atoms with van der Waals surface area (Å²) in [7, 11) is 0. The Hall–Kier alpha value is -2.02. The molecule has 1 atom stereocenters. The lowest BCUT2D eigenvalue weighted by Gasteiger charge is -2.36. The Kier molecular flexibility index (Phi) is 4.52. The molecule has 0 aromatic heterocycles. The van der Waals surface area contributed by atoms with Crippen molar-refractivity contribution in [1.29, 1.82) is 0 Å². The van der Waals surface area contributed by atoms with E-state index in [-0.39, 0.29) is 13.1 Å². The zero-order chi connectivity index (χ0) is 15.6. The monoisotopic (exact) mass is 298 g/mol. The van der Waals surface area contributed by atoms with Gasteiger partial charge in [0.05, 0.1) is 0 Å². The summed E-state index contributed by atoms with van der Waals surface area (Å²) in [5.74, 6) is -3.41. The van der Waals surface area contributed by atoms with E-state index in [4.69, 9.17) is 5.11 Å². The molecule has 0 aliphatic carbocycles. The second kappa shape index (κ2) is 6.17. The van der Waals surface area contributed by atoms with E-state index in [0.29, 0.717) is 13.1 Å². The number of carboxylic acids is 1. The van der Waals surface area contributed by atoms with E-state index < -0.39 is 35.1 Å². The normalized spacial score (nSPS) is 17.6. The first-order chi connectivity index (χ1) is 9.91. The van der Waals surface area contributed by atoms with Gasteiger partial charge in [-0.05, 0) is 19.1 Å². The molecule has 1 aromatic rings. The average molecular weight is 298 g/mol. The first-order valence-electron chi connectivity index (χ1n) is 6.62. The van der Waals surface area contributed by atoms with Crippen molar-refractivity contribution < 1.29 is 23.5 Å². The Labute approximate surface area is 120 Å². The van der Waals surface area contributed by atoms with Gasteiger partial charge >= 0.3 is 5.97 Å². The third-order valence-electron chi connectivity index (χ3n) is 3.68. The number of carboxylic acid groups (broad SMARTS) is 1. The maximum Gasteiger partial charge on any atom is 0.320 e. The van der Waals surface area contributed by atoms with E-state index in [1.165, 1.54) is 11.0 Å². The third-order valence-corrected chi connectivity index (χ3v) is 3.68. The van der Waals surface area contributed by atoms with Gasteiger partial charge in [0.25, 0.3) is 5.91 Å². The maximum absolute atomic E-state index is 13.6. The van der Waals surface area contributed by atoms with Crippen LogP contribution in [0.15, 0.2) is 18.2 Å². The Bertz CT molecular complexity index is 537. The molecule has 0 unspecified atom stereocenters. The topological polar surface area (TPSA) is 60.9 Å². The van der Waals surface area contributed by atoms with Gasteiger partial charge in [-0.2, -0.15) is 0 Å². The molecule has 1 aliphatic heterocycles. The van der Waals surface area contributed by atoms with Crippen molar-refractivity contribution in [1.82, 2.24) is 9.80 Å². The van der Waals surface area contributed by atoms with Crippen LogP contribution >= 0.6 is 0 Å². The van der Waals surface area contributed by atoms with Crippen molar-refractivity contribution in [2.75, 3.05) is 26.2 Å². The van der Waals surface area contributed by atoms with Crippen LogP contribution in [0.4, 0.5) is 8.78 Å². The van der Waals surface area contributed by atoms with Gasteiger partial charge in [-0.15, -0.1) is 0 Å². The highest BCUT2D eigenvalue weighted by Crippen LogP contribution is 2.16. The second-order valence-electron chi connectivity index (χ2n) is 4.94. The van der Waals surface area contributed by atoms with Crippen molar-refractivity contribution in [3.8, 4) is 0 Å². The summed E-state index contributed by atoms with van der Waals surface area (Å²) in [5.41, 5.74) is -0.558. The Morgan fingerprint density at radius 2 is 1.67 bits per heavy atom. The van der Waals surface area contributed by atoms with Gasteiger partial charge < -0.3 is 10.0 Å². The van der Waals surface area contributed by atoms with Crippen molar-refractivity contribution in [2.45, 2.75) is 13.0 Å². The molecule has 2 rings (SSSR count). The number of benzene rings is 1. The van der Waals surface area contributed by atoms with Gasteiger partial charge in [0.15, 0.2) is 0 Å². The third kappa shape index (κ3) is 3.18. The molecule has 7 heteroatoms. The predicted molar refractivity (Wildman–Crippen MR) is 70.9 cm³/mol. The van der Waals surface area contributed by atoms with Gasteiger partial charge in [0, 0.05) is 26.2 Å². The molecule has 1 aromatic carbocycles. The number of carbonyl (C=O) groups is 2. The van der Waals surface area contributed by atoms with Crippen molar-refractivity contribution in [2.24, 2.45) is 0 Å². The zero-order valence-electron chi connectivity index (χ0n) is 11.6. The summed E-state index contributed by atoms with van der Waals surface area (Å²) in [6, 6.07) is 2.64. The van der Waals surface area contributed by atoms with Gasteiger partial charge in [-0.25, -0.2) is 8.78 Å². The van der Waals surface area contributed by atoms with Crippen LogP contribution in [-0.2, 0) is 4.79 Å². The minimum absolute atomic E-state index is 0.240. The molecule has 0 saturated carbocycles. The molecule has 21 heavy (non-hydrogen) atoms. The molecular weight excluding hydrogens is 282 g/mol. The van der Waals surface area contributed by atoms with Crippen LogP contribution in [0.3, 0.4) is 0 Å². The number of aliphatic carboxylic acids is 1. The quantitative estimate of drug-likeness (QED) is 0.911. The molecule has 1 fully saturated rings. The van der Waals surface area contributed by atoms with Gasteiger partial charge in [0.2, 0.25) is 0 Å². The molecule has 0 bridgehead atoms. The molecule has 1 aliphatic rings. The van der Waals surface area contributed by atoms with Crippen LogP contribution in [0.25, 0.3) is 0 Å². The number of nitrogens with zero attached hydrogens (tertiary/aromatic N) is 2. The van der Waals surface area contributed by atoms with Crippen molar-refractivity contribution in [3.63, 3.8) is 0 Å². The largest absolute Gasteiger partial charge is 0.480 e. The van der Waals surface area contributed by atoms with Gasteiger partial charge in [-0.1, -0.05) is 6.07 Å². The lowest BCUT2D eigenvalue weighted by Crippen LogP contribution is -2.53. The Morgan fingerprint density at radius 3 is 2.14 bits per heavy atom. The molecule has 1 amide bonds. The first kappa shape index (κ1) is 15.4.